The molecule has 2 atom stereocenters. The van der Waals surface area contributed by atoms with Crippen LogP contribution in [0.5, 0.6) is 5.75 Å². The highest BCUT2D eigenvalue weighted by molar-refractivity contribution is 5.34. The number of nitrogens with one attached hydrogen (secondary N) is 1. The highest BCUT2D eigenvalue weighted by Gasteiger charge is 2.22. The van der Waals surface area contributed by atoms with E-state index in [2.05, 4.69) is 29.6 Å². The zero-order valence-corrected chi connectivity index (χ0v) is 11.3. The first-order valence-corrected chi connectivity index (χ1v) is 7.02. The van der Waals surface area contributed by atoms with Gasteiger partial charge in [0.25, 0.3) is 0 Å². The number of phenolic OH excluding ortho intramolecular Hbond substituents is 1. The van der Waals surface area contributed by atoms with Crippen molar-refractivity contribution < 1.29 is 10.2 Å². The Morgan fingerprint density at radius 2 is 1.85 bits per heavy atom. The number of aliphatic hydroxyl groups excluding tert-OH is 1. The summed E-state index contributed by atoms with van der Waals surface area (Å²) in [5.41, 5.74) is 3.58. The fraction of sp³-hybridized carbons (Fsp3) is 0.294. The van der Waals surface area contributed by atoms with E-state index in [1.807, 2.05) is 0 Å². The third-order valence-corrected chi connectivity index (χ3v) is 3.97. The van der Waals surface area contributed by atoms with Crippen molar-refractivity contribution in [3.8, 4) is 5.75 Å². The number of aliphatic hydroxyl groups is 1. The lowest BCUT2D eigenvalue weighted by Gasteiger charge is -2.17. The Morgan fingerprint density at radius 1 is 1.10 bits per heavy atom. The lowest BCUT2D eigenvalue weighted by Crippen LogP contribution is -2.25. The SMILES string of the molecule is Oc1ccc(C(O)CNC2CCc3ccccc32)cc1. The molecule has 104 valence electrons. The van der Waals surface area contributed by atoms with Gasteiger partial charge in [0.05, 0.1) is 6.10 Å². The quantitative estimate of drug-likeness (QED) is 0.800. The number of rotatable bonds is 4. The summed E-state index contributed by atoms with van der Waals surface area (Å²) in [6, 6.07) is 15.5. The molecule has 3 nitrogen and oxygen atoms in total. The number of benzene rings is 2. The summed E-state index contributed by atoms with van der Waals surface area (Å²) in [4.78, 5) is 0. The van der Waals surface area contributed by atoms with Gasteiger partial charge in [0.2, 0.25) is 0 Å². The Kier molecular flexibility index (Phi) is 3.72. The molecule has 0 amide bonds. The molecule has 1 aliphatic carbocycles. The normalized spacial score (nSPS) is 18.8. The molecule has 2 aromatic carbocycles. The van der Waals surface area contributed by atoms with Crippen LogP contribution in [0, 0.1) is 0 Å². The maximum absolute atomic E-state index is 10.2. The van der Waals surface area contributed by atoms with Crippen molar-refractivity contribution in [3.63, 3.8) is 0 Å². The van der Waals surface area contributed by atoms with Gasteiger partial charge in [0.15, 0.2) is 0 Å². The molecule has 0 saturated carbocycles. The van der Waals surface area contributed by atoms with Crippen molar-refractivity contribution in [2.45, 2.75) is 25.0 Å². The molecule has 0 fully saturated rings. The van der Waals surface area contributed by atoms with Crippen LogP contribution in [0.4, 0.5) is 0 Å². The Labute approximate surface area is 118 Å². The van der Waals surface area contributed by atoms with Crippen LogP contribution in [0.25, 0.3) is 0 Å². The van der Waals surface area contributed by atoms with Gasteiger partial charge in [-0.05, 0) is 41.7 Å². The van der Waals surface area contributed by atoms with Crippen molar-refractivity contribution in [2.75, 3.05) is 6.54 Å². The number of aromatic hydroxyl groups is 1. The van der Waals surface area contributed by atoms with E-state index in [4.69, 9.17) is 0 Å². The summed E-state index contributed by atoms with van der Waals surface area (Å²) in [5.74, 6) is 0.221. The molecule has 2 unspecified atom stereocenters. The largest absolute Gasteiger partial charge is 0.508 e. The van der Waals surface area contributed by atoms with Crippen LogP contribution in [0.1, 0.15) is 35.3 Å². The third kappa shape index (κ3) is 2.69. The van der Waals surface area contributed by atoms with Gasteiger partial charge in [-0.25, -0.2) is 0 Å². The molecule has 0 aromatic heterocycles. The van der Waals surface area contributed by atoms with E-state index in [-0.39, 0.29) is 5.75 Å². The molecule has 0 bridgehead atoms. The molecule has 0 heterocycles. The summed E-state index contributed by atoms with van der Waals surface area (Å²) in [6.45, 7) is 0.518. The van der Waals surface area contributed by atoms with Gasteiger partial charge in [-0.15, -0.1) is 0 Å². The summed E-state index contributed by atoms with van der Waals surface area (Å²) < 4.78 is 0. The lowest BCUT2D eigenvalue weighted by molar-refractivity contribution is 0.169. The second-order valence-corrected chi connectivity index (χ2v) is 5.31. The minimum Gasteiger partial charge on any atom is -0.508 e. The second-order valence-electron chi connectivity index (χ2n) is 5.31. The number of aryl methyl sites for hydroxylation is 1. The fourth-order valence-electron chi connectivity index (χ4n) is 2.84. The molecule has 0 aliphatic heterocycles. The molecular formula is C17H19NO2. The van der Waals surface area contributed by atoms with Gasteiger partial charge in [-0.2, -0.15) is 0 Å². The van der Waals surface area contributed by atoms with Crippen molar-refractivity contribution in [1.29, 1.82) is 0 Å². The minimum atomic E-state index is -0.552. The van der Waals surface area contributed by atoms with E-state index in [1.54, 1.807) is 24.3 Å². The zero-order valence-electron chi connectivity index (χ0n) is 11.3. The molecule has 0 saturated heterocycles. The fourth-order valence-corrected chi connectivity index (χ4v) is 2.84. The van der Waals surface area contributed by atoms with Crippen LogP contribution in [0.3, 0.4) is 0 Å². The highest BCUT2D eigenvalue weighted by atomic mass is 16.3. The first-order valence-electron chi connectivity index (χ1n) is 7.02. The van der Waals surface area contributed by atoms with Crippen molar-refractivity contribution in [1.82, 2.24) is 5.32 Å². The lowest BCUT2D eigenvalue weighted by atomic mass is 10.1. The predicted octanol–water partition coefficient (Wildman–Crippen LogP) is 2.70. The first kappa shape index (κ1) is 13.2. The zero-order chi connectivity index (χ0) is 13.9. The molecule has 3 heteroatoms. The van der Waals surface area contributed by atoms with Crippen molar-refractivity contribution in [3.05, 3.63) is 65.2 Å². The van der Waals surface area contributed by atoms with Gasteiger partial charge >= 0.3 is 0 Å². The van der Waals surface area contributed by atoms with Gasteiger partial charge in [-0.3, -0.25) is 0 Å². The molecule has 2 aromatic rings. The van der Waals surface area contributed by atoms with Crippen LogP contribution in [0.15, 0.2) is 48.5 Å². The average molecular weight is 269 g/mol. The Morgan fingerprint density at radius 3 is 2.65 bits per heavy atom. The third-order valence-electron chi connectivity index (χ3n) is 3.97. The van der Waals surface area contributed by atoms with E-state index in [0.29, 0.717) is 12.6 Å². The van der Waals surface area contributed by atoms with Crippen LogP contribution < -0.4 is 5.32 Å². The summed E-state index contributed by atoms with van der Waals surface area (Å²) in [6.07, 6.45) is 1.63. The summed E-state index contributed by atoms with van der Waals surface area (Å²) >= 11 is 0. The highest BCUT2D eigenvalue weighted by Crippen LogP contribution is 2.31. The Hall–Kier alpha value is -1.84. The maximum Gasteiger partial charge on any atom is 0.115 e. The minimum absolute atomic E-state index is 0.221. The van der Waals surface area contributed by atoms with E-state index >= 15 is 0 Å². The second kappa shape index (κ2) is 5.65. The standard InChI is InChI=1S/C17H19NO2/c19-14-8-5-13(6-9-14)17(20)11-18-16-10-7-12-3-1-2-4-15(12)16/h1-6,8-9,16-20H,7,10-11H2. The topological polar surface area (TPSA) is 52.5 Å². The van der Waals surface area contributed by atoms with E-state index in [1.165, 1.54) is 11.1 Å². The first-order chi connectivity index (χ1) is 9.74. The maximum atomic E-state index is 10.2. The molecular weight excluding hydrogens is 250 g/mol. The molecule has 3 N–H and O–H groups in total. The molecule has 1 aliphatic rings. The molecule has 3 rings (SSSR count). The molecule has 0 spiro atoms. The summed E-state index contributed by atoms with van der Waals surface area (Å²) in [5, 5.41) is 22.9. The Balaban J connectivity index is 1.62. The van der Waals surface area contributed by atoms with Gasteiger partial charge in [0, 0.05) is 12.6 Å². The van der Waals surface area contributed by atoms with Crippen LogP contribution in [0.2, 0.25) is 0 Å². The summed E-state index contributed by atoms with van der Waals surface area (Å²) in [7, 11) is 0. The van der Waals surface area contributed by atoms with Crippen molar-refractivity contribution >= 4 is 0 Å². The smallest absolute Gasteiger partial charge is 0.115 e. The predicted molar refractivity (Wildman–Crippen MR) is 78.6 cm³/mol. The van der Waals surface area contributed by atoms with E-state index < -0.39 is 6.10 Å². The van der Waals surface area contributed by atoms with E-state index in [0.717, 1.165) is 18.4 Å². The Bertz CT molecular complexity index is 580. The van der Waals surface area contributed by atoms with Crippen LogP contribution >= 0.6 is 0 Å². The van der Waals surface area contributed by atoms with Crippen molar-refractivity contribution in [2.24, 2.45) is 0 Å². The number of fused-ring (bicyclic) bond motifs is 1. The number of hydrogen-bond donors (Lipinski definition) is 3. The van der Waals surface area contributed by atoms with Gasteiger partial charge in [0.1, 0.15) is 5.75 Å². The van der Waals surface area contributed by atoms with Crippen LogP contribution in [-0.4, -0.2) is 16.8 Å². The van der Waals surface area contributed by atoms with Gasteiger partial charge < -0.3 is 15.5 Å². The monoisotopic (exact) mass is 269 g/mol. The molecule has 0 radical (unpaired) electrons. The van der Waals surface area contributed by atoms with Crippen LogP contribution in [-0.2, 0) is 6.42 Å². The van der Waals surface area contributed by atoms with Gasteiger partial charge in [-0.1, -0.05) is 36.4 Å². The van der Waals surface area contributed by atoms with E-state index in [9.17, 15) is 10.2 Å². The number of hydrogen-bond acceptors (Lipinski definition) is 3. The average Bonchev–Trinajstić information content (AvgIpc) is 2.89. The number of phenols is 1. The molecule has 20 heavy (non-hydrogen) atoms.